The monoisotopic (exact) mass is 252 g/mol. The zero-order chi connectivity index (χ0) is 13.7. The van der Waals surface area contributed by atoms with E-state index in [4.69, 9.17) is 4.74 Å². The molecule has 0 radical (unpaired) electrons. The van der Waals surface area contributed by atoms with Crippen molar-refractivity contribution in [3.05, 3.63) is 23.5 Å². The number of aromatic nitrogens is 1. The Morgan fingerprint density at radius 3 is 2.56 bits per heavy atom. The van der Waals surface area contributed by atoms with Gasteiger partial charge >= 0.3 is 5.97 Å². The molecule has 1 aromatic rings. The van der Waals surface area contributed by atoms with E-state index in [2.05, 4.69) is 10.3 Å². The van der Waals surface area contributed by atoms with Crippen LogP contribution < -0.4 is 5.32 Å². The molecule has 0 fully saturated rings. The SMILES string of the molecule is CC(=O)c1c[nH]c(C(=O)OCC(=O)NC(C)C)c1. The van der Waals surface area contributed by atoms with Crippen LogP contribution in [0.25, 0.3) is 0 Å². The molecule has 0 aliphatic carbocycles. The number of ether oxygens (including phenoxy) is 1. The molecule has 0 atom stereocenters. The van der Waals surface area contributed by atoms with Crippen LogP contribution in [0.5, 0.6) is 0 Å². The molecule has 1 amide bonds. The number of nitrogens with one attached hydrogen (secondary N) is 2. The largest absolute Gasteiger partial charge is 0.451 e. The molecule has 98 valence electrons. The first-order valence-electron chi connectivity index (χ1n) is 5.56. The van der Waals surface area contributed by atoms with Gasteiger partial charge in [-0.3, -0.25) is 9.59 Å². The average Bonchev–Trinajstić information content (AvgIpc) is 2.74. The second kappa shape index (κ2) is 6.00. The van der Waals surface area contributed by atoms with Crippen LogP contribution >= 0.6 is 0 Å². The minimum atomic E-state index is -0.665. The Morgan fingerprint density at radius 2 is 2.06 bits per heavy atom. The standard InChI is InChI=1S/C12H16N2O4/c1-7(2)14-11(16)6-18-12(17)10-4-9(5-13-10)8(3)15/h4-5,7,13H,6H2,1-3H3,(H,14,16). The van der Waals surface area contributed by atoms with E-state index >= 15 is 0 Å². The Bertz CT molecular complexity index is 462. The molecule has 6 heteroatoms. The average molecular weight is 252 g/mol. The van der Waals surface area contributed by atoms with Gasteiger partial charge in [-0.2, -0.15) is 0 Å². The lowest BCUT2D eigenvalue weighted by atomic mass is 10.2. The summed E-state index contributed by atoms with van der Waals surface area (Å²) in [6, 6.07) is 1.39. The number of carbonyl (C=O) groups is 3. The summed E-state index contributed by atoms with van der Waals surface area (Å²) in [6.45, 7) is 4.67. The number of ketones is 1. The summed E-state index contributed by atoms with van der Waals surface area (Å²) in [6.07, 6.45) is 1.42. The second-order valence-electron chi connectivity index (χ2n) is 4.16. The van der Waals surface area contributed by atoms with Crippen LogP contribution in [0.4, 0.5) is 0 Å². The maximum atomic E-state index is 11.5. The fraction of sp³-hybridized carbons (Fsp3) is 0.417. The van der Waals surface area contributed by atoms with Crippen molar-refractivity contribution in [1.82, 2.24) is 10.3 Å². The predicted molar refractivity (Wildman–Crippen MR) is 64.4 cm³/mol. The van der Waals surface area contributed by atoms with Gasteiger partial charge in [0, 0.05) is 17.8 Å². The van der Waals surface area contributed by atoms with E-state index in [1.165, 1.54) is 19.2 Å². The Morgan fingerprint density at radius 1 is 1.39 bits per heavy atom. The first kappa shape index (κ1) is 14.0. The summed E-state index contributed by atoms with van der Waals surface area (Å²) >= 11 is 0. The molecule has 1 rings (SSSR count). The predicted octanol–water partition coefficient (Wildman–Crippen LogP) is 0.899. The Hall–Kier alpha value is -2.11. The summed E-state index contributed by atoms with van der Waals surface area (Å²) in [5.74, 6) is -1.18. The van der Waals surface area contributed by atoms with Gasteiger partial charge in [0.05, 0.1) is 0 Å². The van der Waals surface area contributed by atoms with Crippen LogP contribution in [0.15, 0.2) is 12.3 Å². The highest BCUT2D eigenvalue weighted by Gasteiger charge is 2.13. The van der Waals surface area contributed by atoms with Crippen molar-refractivity contribution >= 4 is 17.7 Å². The molecule has 0 aliphatic heterocycles. The molecule has 0 unspecified atom stereocenters. The summed E-state index contributed by atoms with van der Waals surface area (Å²) in [5, 5.41) is 2.59. The Labute approximate surface area is 105 Å². The van der Waals surface area contributed by atoms with Crippen LogP contribution in [-0.2, 0) is 9.53 Å². The molecule has 0 saturated heterocycles. The Balaban J connectivity index is 2.50. The van der Waals surface area contributed by atoms with Crippen molar-refractivity contribution in [2.45, 2.75) is 26.8 Å². The van der Waals surface area contributed by atoms with Gasteiger partial charge in [-0.05, 0) is 26.8 Å². The van der Waals surface area contributed by atoms with Gasteiger partial charge < -0.3 is 15.0 Å². The summed E-state index contributed by atoms with van der Waals surface area (Å²) in [7, 11) is 0. The van der Waals surface area contributed by atoms with Crippen LogP contribution in [-0.4, -0.2) is 35.3 Å². The minimum Gasteiger partial charge on any atom is -0.451 e. The molecule has 2 N–H and O–H groups in total. The highest BCUT2D eigenvalue weighted by atomic mass is 16.5. The minimum absolute atomic E-state index is 0.00833. The molecular formula is C12H16N2O4. The summed E-state index contributed by atoms with van der Waals surface area (Å²) in [5.41, 5.74) is 0.547. The smallest absolute Gasteiger partial charge is 0.355 e. The van der Waals surface area contributed by atoms with Crippen LogP contribution in [0.2, 0.25) is 0 Å². The van der Waals surface area contributed by atoms with Crippen LogP contribution in [0, 0.1) is 0 Å². The number of aromatic amines is 1. The van der Waals surface area contributed by atoms with Gasteiger partial charge in [0.1, 0.15) is 5.69 Å². The van der Waals surface area contributed by atoms with E-state index in [0.29, 0.717) is 5.56 Å². The van der Waals surface area contributed by atoms with E-state index < -0.39 is 5.97 Å². The van der Waals surface area contributed by atoms with Crippen molar-refractivity contribution in [2.75, 3.05) is 6.61 Å². The topological polar surface area (TPSA) is 88.3 Å². The molecule has 0 spiro atoms. The third kappa shape index (κ3) is 4.04. The van der Waals surface area contributed by atoms with Crippen molar-refractivity contribution in [3.63, 3.8) is 0 Å². The van der Waals surface area contributed by atoms with Crippen molar-refractivity contribution in [2.24, 2.45) is 0 Å². The van der Waals surface area contributed by atoms with Crippen LogP contribution in [0.3, 0.4) is 0 Å². The zero-order valence-electron chi connectivity index (χ0n) is 10.6. The van der Waals surface area contributed by atoms with E-state index in [0.717, 1.165) is 0 Å². The van der Waals surface area contributed by atoms with Gasteiger partial charge in [-0.25, -0.2) is 4.79 Å². The molecule has 1 aromatic heterocycles. The molecule has 18 heavy (non-hydrogen) atoms. The number of hydrogen-bond acceptors (Lipinski definition) is 4. The molecule has 1 heterocycles. The number of carbonyl (C=O) groups excluding carboxylic acids is 3. The number of hydrogen-bond donors (Lipinski definition) is 2. The van der Waals surface area contributed by atoms with Gasteiger partial charge in [-0.1, -0.05) is 0 Å². The van der Waals surface area contributed by atoms with Crippen molar-refractivity contribution < 1.29 is 19.1 Å². The number of amides is 1. The van der Waals surface area contributed by atoms with E-state index in [-0.39, 0.29) is 30.0 Å². The number of esters is 1. The first-order valence-corrected chi connectivity index (χ1v) is 5.56. The Kier molecular flexibility index (Phi) is 4.65. The van der Waals surface area contributed by atoms with E-state index in [1.54, 1.807) is 0 Å². The van der Waals surface area contributed by atoms with Gasteiger partial charge in [0.25, 0.3) is 5.91 Å². The van der Waals surface area contributed by atoms with Gasteiger partial charge in [-0.15, -0.1) is 0 Å². The second-order valence-corrected chi connectivity index (χ2v) is 4.16. The van der Waals surface area contributed by atoms with E-state index in [9.17, 15) is 14.4 Å². The molecule has 0 aliphatic rings. The lowest BCUT2D eigenvalue weighted by Crippen LogP contribution is -2.34. The number of Topliss-reactive ketones (excluding diaryl/α,β-unsaturated/α-hetero) is 1. The molecular weight excluding hydrogens is 236 g/mol. The fourth-order valence-electron chi connectivity index (χ4n) is 1.29. The van der Waals surface area contributed by atoms with Crippen LogP contribution in [0.1, 0.15) is 41.6 Å². The van der Waals surface area contributed by atoms with E-state index in [1.807, 2.05) is 13.8 Å². The normalized spacial score (nSPS) is 10.2. The summed E-state index contributed by atoms with van der Waals surface area (Å²) in [4.78, 5) is 36.4. The molecule has 6 nitrogen and oxygen atoms in total. The third-order valence-electron chi connectivity index (χ3n) is 2.09. The van der Waals surface area contributed by atoms with Gasteiger partial charge in [0.2, 0.25) is 0 Å². The maximum Gasteiger partial charge on any atom is 0.355 e. The molecule has 0 bridgehead atoms. The zero-order valence-corrected chi connectivity index (χ0v) is 10.6. The summed E-state index contributed by atoms with van der Waals surface area (Å²) < 4.78 is 4.79. The highest BCUT2D eigenvalue weighted by Crippen LogP contribution is 2.05. The molecule has 0 saturated carbocycles. The molecule has 0 aromatic carbocycles. The fourth-order valence-corrected chi connectivity index (χ4v) is 1.29. The number of H-pyrrole nitrogens is 1. The van der Waals surface area contributed by atoms with Crippen molar-refractivity contribution in [3.8, 4) is 0 Å². The maximum absolute atomic E-state index is 11.5. The quantitative estimate of drug-likeness (QED) is 0.602. The third-order valence-corrected chi connectivity index (χ3v) is 2.09. The first-order chi connectivity index (χ1) is 8.40. The number of rotatable bonds is 5. The lowest BCUT2D eigenvalue weighted by Gasteiger charge is -2.08. The van der Waals surface area contributed by atoms with Crippen molar-refractivity contribution in [1.29, 1.82) is 0 Å². The van der Waals surface area contributed by atoms with Gasteiger partial charge in [0.15, 0.2) is 12.4 Å². The lowest BCUT2D eigenvalue weighted by molar-refractivity contribution is -0.124. The highest BCUT2D eigenvalue weighted by molar-refractivity contribution is 5.97.